The number of benzene rings is 2. The minimum atomic E-state index is -0.513. The van der Waals surface area contributed by atoms with Crippen molar-refractivity contribution in [2.24, 2.45) is 0 Å². The van der Waals surface area contributed by atoms with Crippen LogP contribution >= 0.6 is 0 Å². The van der Waals surface area contributed by atoms with Gasteiger partial charge in [0, 0.05) is 44.7 Å². The number of rotatable bonds is 7. The summed E-state index contributed by atoms with van der Waals surface area (Å²) in [4.78, 5) is 43.6. The van der Waals surface area contributed by atoms with Gasteiger partial charge in [0.25, 0.3) is 5.91 Å². The van der Waals surface area contributed by atoms with Crippen LogP contribution in [0.25, 0.3) is 0 Å². The lowest BCUT2D eigenvalue weighted by Crippen LogP contribution is -2.37. The van der Waals surface area contributed by atoms with E-state index in [0.717, 1.165) is 13.0 Å². The third-order valence-electron chi connectivity index (χ3n) is 8.14. The molecule has 1 N–H and O–H groups in total. The number of amides is 2. The molecule has 2 aliphatic rings. The molecule has 46 heavy (non-hydrogen) atoms. The number of ether oxygens (including phenoxy) is 7. The second-order valence-electron chi connectivity index (χ2n) is 11.0. The maximum atomic E-state index is 13.4. The van der Waals surface area contributed by atoms with Gasteiger partial charge in [0.1, 0.15) is 6.10 Å². The Labute approximate surface area is 269 Å². The molecular formula is C33H45N3O10. The van der Waals surface area contributed by atoms with Crippen molar-refractivity contribution in [3.63, 3.8) is 0 Å². The van der Waals surface area contributed by atoms with E-state index in [1.807, 2.05) is 4.90 Å². The first-order valence-corrected chi connectivity index (χ1v) is 15.5. The highest BCUT2D eigenvalue weighted by Crippen LogP contribution is 2.39. The fourth-order valence-corrected chi connectivity index (χ4v) is 5.66. The van der Waals surface area contributed by atoms with E-state index in [9.17, 15) is 14.4 Å². The van der Waals surface area contributed by atoms with Crippen LogP contribution in [0.15, 0.2) is 24.3 Å². The summed E-state index contributed by atoms with van der Waals surface area (Å²) in [5.41, 5.74) is 0.595. The Kier molecular flexibility index (Phi) is 12.6. The van der Waals surface area contributed by atoms with Crippen molar-refractivity contribution < 1.29 is 47.5 Å². The molecule has 2 aliphatic heterocycles. The Hall–Kier alpha value is -4.39. The molecule has 13 nitrogen and oxygen atoms in total. The number of hydrogen-bond acceptors (Lipinski definition) is 11. The molecule has 0 aromatic heterocycles. The quantitative estimate of drug-likeness (QED) is 0.446. The highest BCUT2D eigenvalue weighted by Gasteiger charge is 2.25. The zero-order valence-electron chi connectivity index (χ0n) is 27.3. The van der Waals surface area contributed by atoms with Gasteiger partial charge in [-0.2, -0.15) is 0 Å². The first-order chi connectivity index (χ1) is 22.3. The Morgan fingerprint density at radius 2 is 1.48 bits per heavy atom. The van der Waals surface area contributed by atoms with E-state index in [4.69, 9.17) is 33.2 Å². The second kappa shape index (κ2) is 16.8. The van der Waals surface area contributed by atoms with Crippen LogP contribution in [0.4, 0.5) is 0 Å². The largest absolute Gasteiger partial charge is 0.493 e. The molecule has 0 aliphatic carbocycles. The van der Waals surface area contributed by atoms with Crippen molar-refractivity contribution in [1.29, 1.82) is 0 Å². The van der Waals surface area contributed by atoms with Crippen molar-refractivity contribution in [2.75, 3.05) is 81.4 Å². The molecule has 0 spiro atoms. The van der Waals surface area contributed by atoms with E-state index in [1.54, 1.807) is 24.3 Å². The van der Waals surface area contributed by atoms with Gasteiger partial charge in [-0.05, 0) is 56.5 Å². The van der Waals surface area contributed by atoms with Crippen LogP contribution in [0.5, 0.6) is 34.5 Å². The summed E-state index contributed by atoms with van der Waals surface area (Å²) >= 11 is 0. The molecule has 2 aromatic carbocycles. The number of esters is 1. The Bertz CT molecular complexity index is 1340. The lowest BCUT2D eigenvalue weighted by atomic mass is 10.1. The number of methoxy groups -OCH3 is 5. The van der Waals surface area contributed by atoms with Gasteiger partial charge in [-0.1, -0.05) is 0 Å². The lowest BCUT2D eigenvalue weighted by Gasteiger charge is -2.25. The van der Waals surface area contributed by atoms with Gasteiger partial charge < -0.3 is 48.3 Å². The molecule has 2 atom stereocenters. The molecular weight excluding hydrogens is 598 g/mol. The normalized spacial score (nSPS) is 19.7. The Morgan fingerprint density at radius 1 is 0.783 bits per heavy atom. The number of hydrogen-bond donors (Lipinski definition) is 1. The van der Waals surface area contributed by atoms with E-state index in [0.29, 0.717) is 85.5 Å². The summed E-state index contributed by atoms with van der Waals surface area (Å²) in [7, 11) is 7.46. The minimum absolute atomic E-state index is 0.00597. The first kappa shape index (κ1) is 34.5. The van der Waals surface area contributed by atoms with Crippen LogP contribution in [0.2, 0.25) is 0 Å². The molecule has 2 unspecified atom stereocenters. The predicted octanol–water partition coefficient (Wildman–Crippen LogP) is 3.17. The molecule has 2 aromatic rings. The zero-order chi connectivity index (χ0) is 33.1. The van der Waals surface area contributed by atoms with Crippen LogP contribution in [0, 0.1) is 0 Å². The van der Waals surface area contributed by atoms with E-state index < -0.39 is 12.1 Å². The van der Waals surface area contributed by atoms with Crippen LogP contribution in [0.1, 0.15) is 52.8 Å². The standard InChI is InChI=1S/C33H45N3O10/c1-40-25-18-22-19-28(31(25)44-5)45-17-6-8-24(46-33(39)23-20-26(41-2)30(43-4)27(21-23)42-3)10-14-35-12-7-13-36(16-15-35)29(37)9-11-34-32(22)38/h18-21,24H,6-17H2,1-5H3,(H,34,38). The van der Waals surface area contributed by atoms with Gasteiger partial charge in [-0.25, -0.2) is 4.79 Å². The van der Waals surface area contributed by atoms with Gasteiger partial charge in [-0.15, -0.1) is 0 Å². The number of nitrogens with zero attached hydrogens (tertiary/aromatic N) is 2. The van der Waals surface area contributed by atoms with Crippen LogP contribution in [-0.4, -0.2) is 115 Å². The van der Waals surface area contributed by atoms with Crippen molar-refractivity contribution in [3.8, 4) is 34.5 Å². The monoisotopic (exact) mass is 643 g/mol. The maximum Gasteiger partial charge on any atom is 0.338 e. The highest BCUT2D eigenvalue weighted by atomic mass is 16.6. The molecule has 4 rings (SSSR count). The summed E-state index contributed by atoms with van der Waals surface area (Å²) in [5, 5.41) is 2.84. The van der Waals surface area contributed by atoms with Crippen LogP contribution in [0.3, 0.4) is 0 Å². The summed E-state index contributed by atoms with van der Waals surface area (Å²) in [6.07, 6.45) is 2.27. The van der Waals surface area contributed by atoms with Gasteiger partial charge in [0.15, 0.2) is 23.0 Å². The second-order valence-corrected chi connectivity index (χ2v) is 11.0. The van der Waals surface area contributed by atoms with Crippen LogP contribution < -0.4 is 33.7 Å². The summed E-state index contributed by atoms with van der Waals surface area (Å²) in [5.74, 6) is 1.27. The SMILES string of the molecule is COc1cc(C(=O)OC2CCCOc3cc(cc(OC)c3OC)C(=O)NCCC(=O)N3CCCN(CC2)CC3)cc(OC)c1OC. The molecule has 1 saturated heterocycles. The van der Waals surface area contributed by atoms with Gasteiger partial charge in [-0.3, -0.25) is 9.59 Å². The molecule has 0 radical (unpaired) electrons. The summed E-state index contributed by atoms with van der Waals surface area (Å²) in [6.45, 7) is 3.96. The molecule has 2 heterocycles. The fourth-order valence-electron chi connectivity index (χ4n) is 5.66. The third kappa shape index (κ3) is 8.65. The van der Waals surface area contributed by atoms with Crippen molar-refractivity contribution >= 4 is 17.8 Å². The average Bonchev–Trinajstić information content (AvgIpc) is 3.32. The molecule has 2 amide bonds. The van der Waals surface area contributed by atoms with E-state index >= 15 is 0 Å². The number of fused-ring (bicyclic) bond motifs is 5. The summed E-state index contributed by atoms with van der Waals surface area (Å²) in [6, 6.07) is 6.31. The molecule has 13 heteroatoms. The fraction of sp³-hybridized carbons (Fsp3) is 0.545. The van der Waals surface area contributed by atoms with Crippen molar-refractivity contribution in [1.82, 2.24) is 15.1 Å². The van der Waals surface area contributed by atoms with Gasteiger partial charge in [0.05, 0.1) is 47.7 Å². The van der Waals surface area contributed by atoms with E-state index in [1.165, 1.54) is 35.5 Å². The lowest BCUT2D eigenvalue weighted by molar-refractivity contribution is -0.130. The van der Waals surface area contributed by atoms with Crippen molar-refractivity contribution in [3.05, 3.63) is 35.4 Å². The van der Waals surface area contributed by atoms with E-state index in [2.05, 4.69) is 10.2 Å². The molecule has 252 valence electrons. The van der Waals surface area contributed by atoms with Gasteiger partial charge in [0.2, 0.25) is 17.4 Å². The van der Waals surface area contributed by atoms with Crippen molar-refractivity contribution in [2.45, 2.75) is 38.2 Å². The number of carbonyl (C=O) groups excluding carboxylic acids is 3. The Balaban J connectivity index is 1.57. The smallest absolute Gasteiger partial charge is 0.338 e. The van der Waals surface area contributed by atoms with Gasteiger partial charge >= 0.3 is 5.97 Å². The summed E-state index contributed by atoms with van der Waals surface area (Å²) < 4.78 is 39.4. The molecule has 4 bridgehead atoms. The maximum absolute atomic E-state index is 13.4. The highest BCUT2D eigenvalue weighted by molar-refractivity contribution is 5.96. The number of carbonyl (C=O) groups is 3. The zero-order valence-corrected chi connectivity index (χ0v) is 27.3. The molecule has 0 saturated carbocycles. The number of nitrogens with one attached hydrogen (secondary N) is 1. The Morgan fingerprint density at radius 3 is 2.15 bits per heavy atom. The molecule has 1 fully saturated rings. The minimum Gasteiger partial charge on any atom is -0.493 e. The third-order valence-corrected chi connectivity index (χ3v) is 8.14. The van der Waals surface area contributed by atoms with E-state index in [-0.39, 0.29) is 37.0 Å². The van der Waals surface area contributed by atoms with Crippen LogP contribution in [-0.2, 0) is 9.53 Å². The average molecular weight is 644 g/mol. The topological polar surface area (TPSA) is 134 Å². The predicted molar refractivity (Wildman–Crippen MR) is 169 cm³/mol. The first-order valence-electron chi connectivity index (χ1n) is 15.5.